The van der Waals surface area contributed by atoms with Crippen LogP contribution in [0.2, 0.25) is 0 Å². The number of terminal acetylenes is 1. The molecule has 0 unspecified atom stereocenters. The third-order valence-electron chi connectivity index (χ3n) is 2.02. The molecular weight excluding hydrogens is 180 g/mol. The number of carbonyl (C=O) groups is 1. The molecule has 13 heavy (non-hydrogen) atoms. The first kappa shape index (κ1) is 9.88. The minimum absolute atomic E-state index is 0.599. The lowest BCUT2D eigenvalue weighted by molar-refractivity contribution is 0.112. The monoisotopic (exact) mass is 190 g/mol. The van der Waals surface area contributed by atoms with E-state index >= 15 is 0 Å². The fourth-order valence-corrected chi connectivity index (χ4v) is 1.50. The fourth-order valence-electron chi connectivity index (χ4n) is 1.17. The number of hydrogen-bond donors (Lipinski definition) is 1. The summed E-state index contributed by atoms with van der Waals surface area (Å²) in [6.07, 6.45) is 6.08. The summed E-state index contributed by atoms with van der Waals surface area (Å²) >= 11 is 4.17. The van der Waals surface area contributed by atoms with Crippen molar-refractivity contribution in [1.29, 1.82) is 0 Å². The molecule has 0 bridgehead atoms. The highest BCUT2D eigenvalue weighted by Crippen LogP contribution is 2.16. The van der Waals surface area contributed by atoms with Crippen LogP contribution in [0.1, 0.15) is 27.0 Å². The average Bonchev–Trinajstić information content (AvgIpc) is 2.18. The minimum atomic E-state index is 0.599. The van der Waals surface area contributed by atoms with Crippen molar-refractivity contribution in [2.75, 3.05) is 0 Å². The Morgan fingerprint density at radius 2 is 2.31 bits per heavy atom. The fraction of sp³-hybridized carbons (Fsp3) is 0.182. The van der Waals surface area contributed by atoms with E-state index in [1.54, 1.807) is 6.07 Å². The van der Waals surface area contributed by atoms with Gasteiger partial charge in [-0.2, -0.15) is 12.6 Å². The van der Waals surface area contributed by atoms with E-state index in [-0.39, 0.29) is 0 Å². The Bertz CT molecular complexity index is 374. The Morgan fingerprint density at radius 3 is 2.77 bits per heavy atom. The summed E-state index contributed by atoms with van der Waals surface area (Å²) in [6, 6.07) is 3.60. The number of thiol groups is 1. The van der Waals surface area contributed by atoms with Gasteiger partial charge in [0.15, 0.2) is 0 Å². The van der Waals surface area contributed by atoms with Gasteiger partial charge in [0.2, 0.25) is 0 Å². The molecular formula is C11H10OS. The molecule has 0 aromatic heterocycles. The van der Waals surface area contributed by atoms with Crippen LogP contribution in [0.3, 0.4) is 0 Å². The zero-order chi connectivity index (χ0) is 9.84. The van der Waals surface area contributed by atoms with Gasteiger partial charge >= 0.3 is 0 Å². The molecule has 0 aliphatic rings. The molecule has 0 saturated carbocycles. The van der Waals surface area contributed by atoms with E-state index in [0.717, 1.165) is 23.0 Å². The predicted molar refractivity (Wildman–Crippen MR) is 57.2 cm³/mol. The van der Waals surface area contributed by atoms with Gasteiger partial charge in [-0.15, -0.1) is 6.42 Å². The van der Waals surface area contributed by atoms with Gasteiger partial charge in [0.25, 0.3) is 0 Å². The topological polar surface area (TPSA) is 17.1 Å². The van der Waals surface area contributed by atoms with Crippen molar-refractivity contribution < 1.29 is 4.79 Å². The summed E-state index contributed by atoms with van der Waals surface area (Å²) in [4.78, 5) is 10.7. The molecule has 66 valence electrons. The molecule has 1 aromatic rings. The molecule has 0 saturated heterocycles. The van der Waals surface area contributed by atoms with Crippen molar-refractivity contribution in [2.45, 2.75) is 12.7 Å². The predicted octanol–water partition coefficient (Wildman–Crippen LogP) is 2.22. The van der Waals surface area contributed by atoms with Crippen LogP contribution in [-0.2, 0) is 5.75 Å². The van der Waals surface area contributed by atoms with Gasteiger partial charge in [-0.05, 0) is 30.2 Å². The number of aldehydes is 1. The molecule has 0 aliphatic heterocycles. The third kappa shape index (κ3) is 1.93. The summed E-state index contributed by atoms with van der Waals surface area (Å²) in [5.41, 5.74) is 3.36. The maximum Gasteiger partial charge on any atom is 0.150 e. The molecule has 0 N–H and O–H groups in total. The summed E-state index contributed by atoms with van der Waals surface area (Å²) in [7, 11) is 0. The van der Waals surface area contributed by atoms with Gasteiger partial charge in [0.1, 0.15) is 6.29 Å². The van der Waals surface area contributed by atoms with Crippen molar-refractivity contribution >= 4 is 18.9 Å². The first-order valence-electron chi connectivity index (χ1n) is 3.89. The Hall–Kier alpha value is -1.20. The van der Waals surface area contributed by atoms with Gasteiger partial charge in [0, 0.05) is 16.9 Å². The molecule has 1 rings (SSSR count). The highest BCUT2D eigenvalue weighted by Gasteiger charge is 2.03. The van der Waals surface area contributed by atoms with Gasteiger partial charge in [-0.1, -0.05) is 5.92 Å². The van der Waals surface area contributed by atoms with Crippen molar-refractivity contribution in [2.24, 2.45) is 0 Å². The Balaban J connectivity index is 3.39. The van der Waals surface area contributed by atoms with Crippen LogP contribution in [0.5, 0.6) is 0 Å². The van der Waals surface area contributed by atoms with Crippen LogP contribution < -0.4 is 0 Å². The Morgan fingerprint density at radius 1 is 1.62 bits per heavy atom. The molecule has 0 aliphatic carbocycles. The highest BCUT2D eigenvalue weighted by atomic mass is 32.1. The second-order valence-electron chi connectivity index (χ2n) is 2.77. The van der Waals surface area contributed by atoms with Gasteiger partial charge in [-0.25, -0.2) is 0 Å². The lowest BCUT2D eigenvalue weighted by Crippen LogP contribution is -1.94. The molecule has 0 amide bonds. The minimum Gasteiger partial charge on any atom is -0.298 e. The Kier molecular flexibility index (Phi) is 3.16. The Labute approximate surface area is 83.6 Å². The quantitative estimate of drug-likeness (QED) is 0.430. The highest BCUT2D eigenvalue weighted by molar-refractivity contribution is 7.79. The molecule has 1 aromatic carbocycles. The number of hydrogen-bond acceptors (Lipinski definition) is 2. The first-order valence-corrected chi connectivity index (χ1v) is 4.52. The second kappa shape index (κ2) is 4.15. The molecule has 0 spiro atoms. The first-order chi connectivity index (χ1) is 6.22. The van der Waals surface area contributed by atoms with Crippen molar-refractivity contribution in [3.63, 3.8) is 0 Å². The normalized spacial score (nSPS) is 9.31. The van der Waals surface area contributed by atoms with Crippen LogP contribution in [0, 0.1) is 19.3 Å². The maximum atomic E-state index is 10.7. The van der Waals surface area contributed by atoms with Crippen LogP contribution in [0.15, 0.2) is 12.1 Å². The summed E-state index contributed by atoms with van der Waals surface area (Å²) in [5.74, 6) is 3.11. The zero-order valence-corrected chi connectivity index (χ0v) is 8.27. The summed E-state index contributed by atoms with van der Waals surface area (Å²) in [6.45, 7) is 1.90. The van der Waals surface area contributed by atoms with E-state index in [4.69, 9.17) is 6.42 Å². The zero-order valence-electron chi connectivity index (χ0n) is 7.37. The molecule has 1 nitrogen and oxygen atoms in total. The van der Waals surface area contributed by atoms with E-state index in [1.165, 1.54) is 0 Å². The largest absolute Gasteiger partial charge is 0.298 e. The molecule has 0 radical (unpaired) electrons. The smallest absolute Gasteiger partial charge is 0.150 e. The van der Waals surface area contributed by atoms with E-state index in [1.807, 2.05) is 13.0 Å². The van der Waals surface area contributed by atoms with Crippen molar-refractivity contribution in [1.82, 2.24) is 0 Å². The van der Waals surface area contributed by atoms with Crippen LogP contribution >= 0.6 is 12.6 Å². The van der Waals surface area contributed by atoms with Crippen molar-refractivity contribution in [3.05, 3.63) is 34.4 Å². The lowest BCUT2D eigenvalue weighted by atomic mass is 10.0. The number of rotatable bonds is 2. The van der Waals surface area contributed by atoms with E-state index in [2.05, 4.69) is 18.5 Å². The van der Waals surface area contributed by atoms with Gasteiger partial charge < -0.3 is 0 Å². The molecule has 0 heterocycles. The average molecular weight is 190 g/mol. The number of benzene rings is 1. The van der Waals surface area contributed by atoms with E-state index < -0.39 is 0 Å². The standard InChI is InChI=1S/C11H10OS/c1-3-9-4-10(6-12)8(2)11(5-9)7-13/h1,4-6,13H,7H2,2H3. The second-order valence-corrected chi connectivity index (χ2v) is 3.09. The summed E-state index contributed by atoms with van der Waals surface area (Å²) in [5, 5.41) is 0. The van der Waals surface area contributed by atoms with Crippen molar-refractivity contribution in [3.8, 4) is 12.3 Å². The SMILES string of the molecule is C#Cc1cc(C=O)c(C)c(CS)c1. The molecule has 0 fully saturated rings. The lowest BCUT2D eigenvalue weighted by Gasteiger charge is -2.05. The molecule has 2 heteroatoms. The van der Waals surface area contributed by atoms with Gasteiger partial charge in [-0.3, -0.25) is 4.79 Å². The number of carbonyl (C=O) groups excluding carboxylic acids is 1. The third-order valence-corrected chi connectivity index (χ3v) is 2.36. The van der Waals surface area contributed by atoms with E-state index in [9.17, 15) is 4.79 Å². The van der Waals surface area contributed by atoms with Crippen LogP contribution in [0.4, 0.5) is 0 Å². The van der Waals surface area contributed by atoms with E-state index in [0.29, 0.717) is 11.3 Å². The maximum absolute atomic E-state index is 10.7. The van der Waals surface area contributed by atoms with Crippen LogP contribution in [0.25, 0.3) is 0 Å². The summed E-state index contributed by atoms with van der Waals surface area (Å²) < 4.78 is 0. The van der Waals surface area contributed by atoms with Gasteiger partial charge in [0.05, 0.1) is 0 Å². The molecule has 0 atom stereocenters. The van der Waals surface area contributed by atoms with Crippen LogP contribution in [-0.4, -0.2) is 6.29 Å².